The van der Waals surface area contributed by atoms with E-state index in [0.29, 0.717) is 6.20 Å². The lowest BCUT2D eigenvalue weighted by Crippen LogP contribution is -2.14. The van der Waals surface area contributed by atoms with Crippen LogP contribution in [0.4, 0.5) is 13.2 Å². The number of alkyl halides is 2. The Morgan fingerprint density at radius 2 is 2.12 bits per heavy atom. The first-order valence-corrected chi connectivity index (χ1v) is 4.33. The Morgan fingerprint density at radius 1 is 1.50 bits per heavy atom. The van der Waals surface area contributed by atoms with Gasteiger partial charge in [-0.15, -0.1) is 0 Å². The molecule has 88 valence electrons. The first kappa shape index (κ1) is 12.4. The van der Waals surface area contributed by atoms with Gasteiger partial charge in [0.15, 0.2) is 0 Å². The van der Waals surface area contributed by atoms with Crippen molar-refractivity contribution in [3.8, 4) is 0 Å². The SMILES string of the molecule is NCc1c(C(F)F)ncc(F)c1CC(=O)O. The molecule has 4 nitrogen and oxygen atoms in total. The molecular weight excluding hydrogens is 225 g/mol. The molecule has 1 rings (SSSR count). The number of aromatic nitrogens is 1. The van der Waals surface area contributed by atoms with Crippen molar-refractivity contribution in [3.63, 3.8) is 0 Å². The summed E-state index contributed by atoms with van der Waals surface area (Å²) in [6.45, 7) is -0.382. The Balaban J connectivity index is 3.32. The molecule has 0 atom stereocenters. The Hall–Kier alpha value is -1.63. The average Bonchev–Trinajstić information content (AvgIpc) is 2.19. The molecule has 7 heteroatoms. The summed E-state index contributed by atoms with van der Waals surface area (Å²) in [6.07, 6.45) is -3.02. The maximum Gasteiger partial charge on any atom is 0.307 e. The van der Waals surface area contributed by atoms with Gasteiger partial charge in [-0.25, -0.2) is 13.2 Å². The summed E-state index contributed by atoms with van der Waals surface area (Å²) in [5.41, 5.74) is 3.96. The summed E-state index contributed by atoms with van der Waals surface area (Å²) < 4.78 is 38.2. The van der Waals surface area contributed by atoms with Gasteiger partial charge < -0.3 is 10.8 Å². The standard InChI is InChI=1S/C9H9F3N2O2/c10-6-3-14-8(9(11)12)5(2-13)4(6)1-7(15)16/h3,9H,1-2,13H2,(H,15,16). The van der Waals surface area contributed by atoms with Crippen molar-refractivity contribution in [2.75, 3.05) is 0 Å². The van der Waals surface area contributed by atoms with Crippen molar-refractivity contribution < 1.29 is 23.1 Å². The molecule has 0 saturated heterocycles. The fourth-order valence-corrected chi connectivity index (χ4v) is 1.34. The van der Waals surface area contributed by atoms with E-state index >= 15 is 0 Å². The third kappa shape index (κ3) is 2.48. The zero-order chi connectivity index (χ0) is 12.3. The summed E-state index contributed by atoms with van der Waals surface area (Å²) >= 11 is 0. The van der Waals surface area contributed by atoms with Crippen LogP contribution in [0.2, 0.25) is 0 Å². The molecule has 1 aromatic heterocycles. The van der Waals surface area contributed by atoms with E-state index < -0.39 is 30.3 Å². The number of nitrogens with zero attached hydrogens (tertiary/aromatic N) is 1. The molecular formula is C9H9F3N2O2. The van der Waals surface area contributed by atoms with Gasteiger partial charge in [-0.3, -0.25) is 9.78 Å². The molecule has 0 aliphatic carbocycles. The van der Waals surface area contributed by atoms with Gasteiger partial charge in [0.1, 0.15) is 11.5 Å². The van der Waals surface area contributed by atoms with Crippen LogP contribution in [-0.2, 0) is 17.8 Å². The lowest BCUT2D eigenvalue weighted by atomic mass is 10.0. The minimum absolute atomic E-state index is 0.239. The van der Waals surface area contributed by atoms with Gasteiger partial charge in [-0.1, -0.05) is 0 Å². The van der Waals surface area contributed by atoms with Gasteiger partial charge in [0.05, 0.1) is 12.6 Å². The summed E-state index contributed by atoms with van der Waals surface area (Å²) in [4.78, 5) is 13.7. The molecule has 0 saturated carbocycles. The summed E-state index contributed by atoms with van der Waals surface area (Å²) in [6, 6.07) is 0. The number of carboxylic acid groups (broad SMARTS) is 1. The molecule has 0 amide bonds. The highest BCUT2D eigenvalue weighted by Crippen LogP contribution is 2.25. The second-order valence-corrected chi connectivity index (χ2v) is 3.02. The van der Waals surface area contributed by atoms with Gasteiger partial charge in [0.2, 0.25) is 0 Å². The Labute approximate surface area is 88.9 Å². The zero-order valence-electron chi connectivity index (χ0n) is 8.08. The molecule has 0 bridgehead atoms. The van der Waals surface area contributed by atoms with E-state index in [9.17, 15) is 18.0 Å². The van der Waals surface area contributed by atoms with Gasteiger partial charge in [0.25, 0.3) is 6.43 Å². The Morgan fingerprint density at radius 3 is 2.56 bits per heavy atom. The molecule has 0 spiro atoms. The molecule has 1 heterocycles. The third-order valence-electron chi connectivity index (χ3n) is 2.02. The second kappa shape index (κ2) is 4.93. The summed E-state index contributed by atoms with van der Waals surface area (Å²) in [5.74, 6) is -2.26. The van der Waals surface area contributed by atoms with Gasteiger partial charge in [-0.2, -0.15) is 0 Å². The van der Waals surface area contributed by atoms with E-state index in [2.05, 4.69) is 4.98 Å². The highest BCUT2D eigenvalue weighted by atomic mass is 19.3. The van der Waals surface area contributed by atoms with Crippen molar-refractivity contribution in [3.05, 3.63) is 28.8 Å². The van der Waals surface area contributed by atoms with Crippen LogP contribution in [0.3, 0.4) is 0 Å². The van der Waals surface area contributed by atoms with Crippen molar-refractivity contribution in [2.24, 2.45) is 5.73 Å². The Kier molecular flexibility index (Phi) is 3.83. The van der Waals surface area contributed by atoms with Crippen molar-refractivity contribution in [1.82, 2.24) is 4.98 Å². The molecule has 3 N–H and O–H groups in total. The molecule has 1 aromatic rings. The van der Waals surface area contributed by atoms with Crippen LogP contribution >= 0.6 is 0 Å². The van der Waals surface area contributed by atoms with Gasteiger partial charge in [-0.05, 0) is 5.56 Å². The van der Waals surface area contributed by atoms with E-state index in [0.717, 1.165) is 0 Å². The minimum atomic E-state index is -2.91. The summed E-state index contributed by atoms with van der Waals surface area (Å²) in [5, 5.41) is 8.53. The number of carboxylic acids is 1. The van der Waals surface area contributed by atoms with Crippen molar-refractivity contribution >= 4 is 5.97 Å². The lowest BCUT2D eigenvalue weighted by molar-refractivity contribution is -0.136. The number of hydrogen-bond donors (Lipinski definition) is 2. The van der Waals surface area contributed by atoms with Crippen LogP contribution in [0.5, 0.6) is 0 Å². The Bertz CT molecular complexity index is 410. The maximum atomic E-state index is 13.2. The number of aliphatic carboxylic acids is 1. The number of halogens is 3. The smallest absolute Gasteiger partial charge is 0.307 e. The van der Waals surface area contributed by atoms with Crippen LogP contribution in [0.15, 0.2) is 6.20 Å². The molecule has 0 aliphatic heterocycles. The third-order valence-corrected chi connectivity index (χ3v) is 2.02. The molecule has 0 aromatic carbocycles. The molecule has 0 aliphatic rings. The number of hydrogen-bond acceptors (Lipinski definition) is 3. The predicted molar refractivity (Wildman–Crippen MR) is 48.4 cm³/mol. The zero-order valence-corrected chi connectivity index (χ0v) is 8.08. The summed E-state index contributed by atoms with van der Waals surface area (Å²) in [7, 11) is 0. The van der Waals surface area contributed by atoms with Crippen LogP contribution < -0.4 is 5.73 Å². The number of pyridine rings is 1. The van der Waals surface area contributed by atoms with Crippen LogP contribution in [-0.4, -0.2) is 16.1 Å². The second-order valence-electron chi connectivity index (χ2n) is 3.02. The highest BCUT2D eigenvalue weighted by molar-refractivity contribution is 5.71. The lowest BCUT2D eigenvalue weighted by Gasteiger charge is -2.11. The minimum Gasteiger partial charge on any atom is -0.481 e. The fraction of sp³-hybridized carbons (Fsp3) is 0.333. The fourth-order valence-electron chi connectivity index (χ4n) is 1.34. The predicted octanol–water partition coefficient (Wildman–Crippen LogP) is 1.24. The first-order chi connectivity index (χ1) is 7.47. The normalized spacial score (nSPS) is 10.8. The van der Waals surface area contributed by atoms with E-state index in [1.807, 2.05) is 0 Å². The van der Waals surface area contributed by atoms with Crippen LogP contribution in [0, 0.1) is 5.82 Å². The highest BCUT2D eigenvalue weighted by Gasteiger charge is 2.21. The average molecular weight is 234 g/mol. The van der Waals surface area contributed by atoms with Crippen molar-refractivity contribution in [2.45, 2.75) is 19.4 Å². The topological polar surface area (TPSA) is 76.2 Å². The largest absolute Gasteiger partial charge is 0.481 e. The molecule has 0 unspecified atom stereocenters. The van der Waals surface area contributed by atoms with E-state index in [-0.39, 0.29) is 17.7 Å². The van der Waals surface area contributed by atoms with E-state index in [4.69, 9.17) is 10.8 Å². The van der Waals surface area contributed by atoms with Crippen molar-refractivity contribution in [1.29, 1.82) is 0 Å². The number of rotatable bonds is 4. The van der Waals surface area contributed by atoms with E-state index in [1.54, 1.807) is 0 Å². The quantitative estimate of drug-likeness (QED) is 0.821. The molecule has 0 fully saturated rings. The van der Waals surface area contributed by atoms with E-state index in [1.165, 1.54) is 0 Å². The monoisotopic (exact) mass is 234 g/mol. The van der Waals surface area contributed by atoms with Gasteiger partial charge in [0, 0.05) is 12.1 Å². The first-order valence-electron chi connectivity index (χ1n) is 4.33. The maximum absolute atomic E-state index is 13.2. The molecule has 0 radical (unpaired) electrons. The van der Waals surface area contributed by atoms with Crippen LogP contribution in [0.1, 0.15) is 23.2 Å². The van der Waals surface area contributed by atoms with Crippen LogP contribution in [0.25, 0.3) is 0 Å². The number of carbonyl (C=O) groups is 1. The van der Waals surface area contributed by atoms with Gasteiger partial charge >= 0.3 is 5.97 Å². The molecule has 16 heavy (non-hydrogen) atoms. The number of nitrogens with two attached hydrogens (primary N) is 1.